The van der Waals surface area contributed by atoms with Crippen LogP contribution in [0, 0.1) is 5.92 Å². The maximum absolute atomic E-state index is 11.8. The quantitative estimate of drug-likeness (QED) is 0.484. The van der Waals surface area contributed by atoms with Gasteiger partial charge in [0.2, 0.25) is 11.9 Å². The van der Waals surface area contributed by atoms with Crippen LogP contribution in [0.1, 0.15) is 27.2 Å². The van der Waals surface area contributed by atoms with Crippen molar-refractivity contribution in [3.8, 4) is 0 Å². The molecule has 1 atom stereocenters. The highest BCUT2D eigenvalue weighted by atomic mass is 16.6. The third-order valence-corrected chi connectivity index (χ3v) is 2.33. The zero-order chi connectivity index (χ0) is 15.5. The number of hydrogen-bond donors (Lipinski definition) is 1. The first-order valence-corrected chi connectivity index (χ1v) is 6.57. The average molecular weight is 289 g/mol. The Balaban J connectivity index is 4.59. The highest BCUT2D eigenvalue weighted by Gasteiger charge is 2.31. The van der Waals surface area contributed by atoms with Crippen molar-refractivity contribution in [3.63, 3.8) is 0 Å². The van der Waals surface area contributed by atoms with Crippen LogP contribution in [0.15, 0.2) is 0 Å². The van der Waals surface area contributed by atoms with E-state index in [1.165, 1.54) is 7.11 Å². The smallest absolute Gasteiger partial charge is 0.340 e. The second-order valence-electron chi connectivity index (χ2n) is 4.27. The van der Waals surface area contributed by atoms with Crippen molar-refractivity contribution in [2.24, 2.45) is 5.92 Å². The molecule has 0 aliphatic heterocycles. The molecule has 0 radical (unpaired) electrons. The molecule has 0 fully saturated rings. The van der Waals surface area contributed by atoms with Gasteiger partial charge in [-0.2, -0.15) is 0 Å². The van der Waals surface area contributed by atoms with E-state index in [0.717, 1.165) is 0 Å². The van der Waals surface area contributed by atoms with Gasteiger partial charge in [-0.15, -0.1) is 0 Å². The van der Waals surface area contributed by atoms with Gasteiger partial charge < -0.3 is 19.5 Å². The van der Waals surface area contributed by atoms with Gasteiger partial charge in [0.1, 0.15) is 0 Å². The van der Waals surface area contributed by atoms with E-state index in [9.17, 15) is 14.4 Å². The SMILES string of the molecule is CCOC(=O)C(NC(=O)CC(C)COC)C(=O)OCC. The van der Waals surface area contributed by atoms with E-state index >= 15 is 0 Å². The van der Waals surface area contributed by atoms with Crippen molar-refractivity contribution in [1.82, 2.24) is 5.32 Å². The minimum absolute atomic E-state index is 0.0231. The van der Waals surface area contributed by atoms with Crippen molar-refractivity contribution in [2.75, 3.05) is 26.9 Å². The predicted molar refractivity (Wildman–Crippen MR) is 70.9 cm³/mol. The molecule has 0 spiro atoms. The first kappa shape index (κ1) is 18.4. The summed E-state index contributed by atoms with van der Waals surface area (Å²) in [7, 11) is 1.54. The lowest BCUT2D eigenvalue weighted by molar-refractivity contribution is -0.159. The fourth-order valence-corrected chi connectivity index (χ4v) is 1.55. The number of ether oxygens (including phenoxy) is 3. The number of carbonyl (C=O) groups excluding carboxylic acids is 3. The lowest BCUT2D eigenvalue weighted by atomic mass is 10.1. The zero-order valence-corrected chi connectivity index (χ0v) is 12.4. The van der Waals surface area contributed by atoms with Crippen molar-refractivity contribution in [3.05, 3.63) is 0 Å². The molecule has 1 amide bonds. The highest BCUT2D eigenvalue weighted by Crippen LogP contribution is 2.03. The minimum Gasteiger partial charge on any atom is -0.464 e. The Morgan fingerprint density at radius 2 is 1.55 bits per heavy atom. The molecule has 7 nitrogen and oxygen atoms in total. The Bertz CT molecular complexity index is 313. The number of methoxy groups -OCH3 is 1. The van der Waals surface area contributed by atoms with Crippen LogP contribution >= 0.6 is 0 Å². The van der Waals surface area contributed by atoms with Crippen LogP contribution in [0.5, 0.6) is 0 Å². The van der Waals surface area contributed by atoms with Crippen LogP contribution in [0.4, 0.5) is 0 Å². The van der Waals surface area contributed by atoms with Gasteiger partial charge in [-0.1, -0.05) is 6.92 Å². The highest BCUT2D eigenvalue weighted by molar-refractivity contribution is 6.02. The minimum atomic E-state index is -1.42. The standard InChI is InChI=1S/C13H23NO6/c1-5-19-12(16)11(13(17)20-6-2)14-10(15)7-9(3)8-18-4/h9,11H,5-8H2,1-4H3,(H,14,15). The summed E-state index contributed by atoms with van der Waals surface area (Å²) in [6.45, 7) is 5.70. The first-order valence-electron chi connectivity index (χ1n) is 6.57. The molecule has 0 saturated heterocycles. The van der Waals surface area contributed by atoms with E-state index in [1.54, 1.807) is 13.8 Å². The molecule has 20 heavy (non-hydrogen) atoms. The zero-order valence-electron chi connectivity index (χ0n) is 12.4. The van der Waals surface area contributed by atoms with Crippen LogP contribution < -0.4 is 5.32 Å². The van der Waals surface area contributed by atoms with Gasteiger partial charge in [-0.05, 0) is 19.8 Å². The van der Waals surface area contributed by atoms with Gasteiger partial charge in [0.15, 0.2) is 0 Å². The van der Waals surface area contributed by atoms with Gasteiger partial charge >= 0.3 is 11.9 Å². The van der Waals surface area contributed by atoms with Crippen LogP contribution in [-0.2, 0) is 28.6 Å². The first-order chi connectivity index (χ1) is 9.46. The molecule has 1 unspecified atom stereocenters. The van der Waals surface area contributed by atoms with Crippen LogP contribution in [0.25, 0.3) is 0 Å². The van der Waals surface area contributed by atoms with Gasteiger partial charge in [0, 0.05) is 20.1 Å². The Morgan fingerprint density at radius 3 is 1.95 bits per heavy atom. The van der Waals surface area contributed by atoms with Crippen molar-refractivity contribution >= 4 is 17.8 Å². The Hall–Kier alpha value is -1.63. The summed E-state index contributed by atoms with van der Waals surface area (Å²) in [5, 5.41) is 2.33. The lowest BCUT2D eigenvalue weighted by Gasteiger charge is -2.17. The molecule has 0 rings (SSSR count). The molecule has 0 aliphatic rings. The van der Waals surface area contributed by atoms with Gasteiger partial charge in [0.25, 0.3) is 0 Å². The number of amides is 1. The molecule has 1 N–H and O–H groups in total. The summed E-state index contributed by atoms with van der Waals surface area (Å²) < 4.78 is 14.4. The monoisotopic (exact) mass is 289 g/mol. The molecular weight excluding hydrogens is 266 g/mol. The van der Waals surface area contributed by atoms with Crippen LogP contribution in [0.2, 0.25) is 0 Å². The van der Waals surface area contributed by atoms with Gasteiger partial charge in [-0.3, -0.25) is 4.79 Å². The Morgan fingerprint density at radius 1 is 1.05 bits per heavy atom. The fourth-order valence-electron chi connectivity index (χ4n) is 1.55. The molecule has 0 aliphatic carbocycles. The van der Waals surface area contributed by atoms with E-state index in [4.69, 9.17) is 14.2 Å². The van der Waals surface area contributed by atoms with E-state index in [2.05, 4.69) is 5.32 Å². The Kier molecular flexibility index (Phi) is 9.36. The number of hydrogen-bond acceptors (Lipinski definition) is 6. The molecule has 0 aromatic heterocycles. The second kappa shape index (κ2) is 10.2. The molecule has 0 aromatic carbocycles. The Labute approximate surface area is 118 Å². The molecule has 116 valence electrons. The molecule has 0 heterocycles. The van der Waals surface area contributed by atoms with Crippen molar-refractivity contribution in [1.29, 1.82) is 0 Å². The molecule has 0 saturated carbocycles. The predicted octanol–water partition coefficient (Wildman–Crippen LogP) is 0.270. The van der Waals surface area contributed by atoms with Crippen LogP contribution in [0.3, 0.4) is 0 Å². The normalized spacial score (nSPS) is 11.8. The summed E-state index contributed by atoms with van der Waals surface area (Å²) in [5.74, 6) is -2.09. The largest absolute Gasteiger partial charge is 0.464 e. The summed E-state index contributed by atoms with van der Waals surface area (Å²) in [5.41, 5.74) is 0. The number of carbonyl (C=O) groups is 3. The van der Waals surface area contributed by atoms with Gasteiger partial charge in [-0.25, -0.2) is 9.59 Å². The summed E-state index contributed by atoms with van der Waals surface area (Å²) in [6.07, 6.45) is 0.142. The number of rotatable bonds is 9. The van der Waals surface area contributed by atoms with Crippen molar-refractivity contribution < 1.29 is 28.6 Å². The topological polar surface area (TPSA) is 90.9 Å². The van der Waals surface area contributed by atoms with Crippen molar-refractivity contribution in [2.45, 2.75) is 33.2 Å². The molecular formula is C13H23NO6. The number of esters is 2. The number of nitrogens with one attached hydrogen (secondary N) is 1. The molecule has 0 aromatic rings. The lowest BCUT2D eigenvalue weighted by Crippen LogP contribution is -2.48. The third kappa shape index (κ3) is 7.08. The molecule has 0 bridgehead atoms. The summed E-state index contributed by atoms with van der Waals surface area (Å²) in [6, 6.07) is -1.42. The maximum atomic E-state index is 11.8. The van der Waals surface area contributed by atoms with E-state index in [0.29, 0.717) is 6.61 Å². The maximum Gasteiger partial charge on any atom is 0.340 e. The van der Waals surface area contributed by atoms with Crippen LogP contribution in [-0.4, -0.2) is 50.8 Å². The van der Waals surface area contributed by atoms with E-state index < -0.39 is 23.9 Å². The average Bonchev–Trinajstić information content (AvgIpc) is 2.36. The van der Waals surface area contributed by atoms with E-state index in [1.807, 2.05) is 6.92 Å². The second-order valence-corrected chi connectivity index (χ2v) is 4.27. The fraction of sp³-hybridized carbons (Fsp3) is 0.769. The van der Waals surface area contributed by atoms with E-state index in [-0.39, 0.29) is 25.6 Å². The van der Waals surface area contributed by atoms with Gasteiger partial charge in [0.05, 0.1) is 13.2 Å². The molecule has 7 heteroatoms. The summed E-state index contributed by atoms with van der Waals surface area (Å²) >= 11 is 0. The summed E-state index contributed by atoms with van der Waals surface area (Å²) in [4.78, 5) is 35.1. The third-order valence-electron chi connectivity index (χ3n) is 2.33.